The average Bonchev–Trinajstić information content (AvgIpc) is 2.84. The van der Waals surface area contributed by atoms with Crippen molar-refractivity contribution in [2.45, 2.75) is 77.2 Å². The van der Waals surface area contributed by atoms with Crippen molar-refractivity contribution in [1.82, 2.24) is 10.3 Å². The van der Waals surface area contributed by atoms with Gasteiger partial charge < -0.3 is 15.2 Å². The quantitative estimate of drug-likeness (QED) is 0.422. The molecule has 2 N–H and O–H groups in total. The average molecular weight is 479 g/mol. The zero-order chi connectivity index (χ0) is 24.8. The lowest BCUT2D eigenvalue weighted by Crippen LogP contribution is -2.41. The summed E-state index contributed by atoms with van der Waals surface area (Å²) in [6, 6.07) is 6.42. The lowest BCUT2D eigenvalue weighted by Gasteiger charge is -2.29. The van der Waals surface area contributed by atoms with Gasteiger partial charge in [-0.3, -0.25) is 9.78 Å². The highest BCUT2D eigenvalue weighted by Crippen LogP contribution is 2.35. The molecule has 1 aromatic heterocycles. The molecule has 0 bridgehead atoms. The Labute approximate surface area is 208 Å². The van der Waals surface area contributed by atoms with Gasteiger partial charge in [0.15, 0.2) is 5.75 Å². The maximum atomic E-state index is 13.3. The first-order valence-electron chi connectivity index (χ1n) is 13.1. The Kier molecular flexibility index (Phi) is 8.42. The van der Waals surface area contributed by atoms with Crippen LogP contribution < -0.4 is 10.1 Å². The van der Waals surface area contributed by atoms with E-state index in [-0.39, 0.29) is 0 Å². The van der Waals surface area contributed by atoms with Gasteiger partial charge in [-0.25, -0.2) is 4.79 Å². The number of carboxylic acid groups (broad SMARTS) is 1. The first-order chi connectivity index (χ1) is 16.9. The van der Waals surface area contributed by atoms with Gasteiger partial charge in [0.25, 0.3) is 5.91 Å². The molecule has 6 heteroatoms. The van der Waals surface area contributed by atoms with Crippen LogP contribution in [0.15, 0.2) is 42.6 Å². The van der Waals surface area contributed by atoms with E-state index in [4.69, 9.17) is 4.74 Å². The molecule has 1 amide bonds. The van der Waals surface area contributed by atoms with Gasteiger partial charge >= 0.3 is 5.97 Å². The third-order valence-corrected chi connectivity index (χ3v) is 7.58. The van der Waals surface area contributed by atoms with Crippen molar-refractivity contribution in [3.8, 4) is 5.75 Å². The number of aromatic nitrogens is 1. The number of nitrogens with zero attached hydrogens (tertiary/aromatic N) is 1. The van der Waals surface area contributed by atoms with E-state index in [0.717, 1.165) is 43.9 Å². The van der Waals surface area contributed by atoms with Crippen LogP contribution in [-0.4, -0.2) is 34.6 Å². The summed E-state index contributed by atoms with van der Waals surface area (Å²) in [5, 5.41) is 13.5. The molecule has 2 aromatic rings. The molecule has 2 saturated carbocycles. The zero-order valence-corrected chi connectivity index (χ0v) is 20.8. The molecule has 1 aromatic carbocycles. The molecule has 2 aliphatic rings. The monoisotopic (exact) mass is 478 g/mol. The molecular weight excluding hydrogens is 440 g/mol. The van der Waals surface area contributed by atoms with Crippen LogP contribution in [0, 0.1) is 17.8 Å². The smallest absolute Gasteiger partial charge is 0.326 e. The Morgan fingerprint density at radius 2 is 1.97 bits per heavy atom. The van der Waals surface area contributed by atoms with E-state index < -0.39 is 17.9 Å². The van der Waals surface area contributed by atoms with Crippen LogP contribution in [0.4, 0.5) is 0 Å². The first-order valence-corrected chi connectivity index (χ1v) is 13.1. The second kappa shape index (κ2) is 11.7. The normalized spacial score (nSPS) is 22.0. The van der Waals surface area contributed by atoms with E-state index in [1.165, 1.54) is 24.8 Å². The lowest BCUT2D eigenvalue weighted by molar-refractivity contribution is -0.139. The third-order valence-electron chi connectivity index (χ3n) is 7.58. The van der Waals surface area contributed by atoms with E-state index in [2.05, 4.69) is 23.8 Å². The van der Waals surface area contributed by atoms with Crippen LogP contribution in [0.25, 0.3) is 10.9 Å². The highest BCUT2D eigenvalue weighted by atomic mass is 16.5. The van der Waals surface area contributed by atoms with Gasteiger partial charge in [0, 0.05) is 11.6 Å². The summed E-state index contributed by atoms with van der Waals surface area (Å²) in [5.41, 5.74) is 2.23. The molecule has 2 unspecified atom stereocenters. The van der Waals surface area contributed by atoms with Crippen molar-refractivity contribution in [2.24, 2.45) is 17.8 Å². The number of fused-ring (bicyclic) bond motifs is 1. The molecule has 0 saturated heterocycles. The summed E-state index contributed by atoms with van der Waals surface area (Å²) in [5.74, 6) is 0.484. The highest BCUT2D eigenvalue weighted by molar-refractivity contribution is 6.03. The van der Waals surface area contributed by atoms with Crippen LogP contribution in [0.5, 0.6) is 5.75 Å². The number of carbonyl (C=O) groups excluding carboxylic acids is 1. The van der Waals surface area contributed by atoms with Crippen molar-refractivity contribution < 1.29 is 19.4 Å². The molecule has 1 heterocycles. The number of allylic oxidation sites excluding steroid dienone is 1. The minimum absolute atomic E-state index is 0.345. The minimum atomic E-state index is -1.01. The summed E-state index contributed by atoms with van der Waals surface area (Å²) in [6.45, 7) is 6.91. The fraction of sp³-hybridized carbons (Fsp3) is 0.552. The fourth-order valence-electron chi connectivity index (χ4n) is 5.83. The molecule has 3 atom stereocenters. The van der Waals surface area contributed by atoms with E-state index in [1.54, 1.807) is 12.3 Å². The molecule has 6 nitrogen and oxygen atoms in total. The maximum absolute atomic E-state index is 13.3. The van der Waals surface area contributed by atoms with Gasteiger partial charge in [0.2, 0.25) is 0 Å². The van der Waals surface area contributed by atoms with E-state index in [9.17, 15) is 14.7 Å². The molecule has 0 aliphatic heterocycles. The minimum Gasteiger partial charge on any atom is -0.490 e. The Balaban J connectivity index is 1.48. The van der Waals surface area contributed by atoms with E-state index in [0.29, 0.717) is 47.6 Å². The SMILES string of the molecule is C=C1CC(C)CC(CC[C@H](NC(=O)c2ccc3cccnc3c2OCC2CCCCC2)C(=O)O)C1. The van der Waals surface area contributed by atoms with Gasteiger partial charge in [0.1, 0.15) is 11.6 Å². The number of pyridine rings is 1. The summed E-state index contributed by atoms with van der Waals surface area (Å²) < 4.78 is 6.25. The van der Waals surface area contributed by atoms with Gasteiger partial charge in [0.05, 0.1) is 12.2 Å². The largest absolute Gasteiger partial charge is 0.490 e. The van der Waals surface area contributed by atoms with Crippen LogP contribution >= 0.6 is 0 Å². The predicted octanol–water partition coefficient (Wildman–Crippen LogP) is 6.15. The second-order valence-electron chi connectivity index (χ2n) is 10.6. The highest BCUT2D eigenvalue weighted by Gasteiger charge is 2.27. The number of rotatable bonds is 9. The molecule has 2 fully saturated rings. The Morgan fingerprint density at radius 1 is 1.17 bits per heavy atom. The summed E-state index contributed by atoms with van der Waals surface area (Å²) >= 11 is 0. The molecule has 0 radical (unpaired) electrons. The van der Waals surface area contributed by atoms with Crippen molar-refractivity contribution >= 4 is 22.8 Å². The Hall–Kier alpha value is -2.89. The summed E-state index contributed by atoms with van der Waals surface area (Å²) in [7, 11) is 0. The van der Waals surface area contributed by atoms with E-state index >= 15 is 0 Å². The number of ether oxygens (including phenoxy) is 1. The number of amides is 1. The Bertz CT molecular complexity index is 1060. The predicted molar refractivity (Wildman–Crippen MR) is 138 cm³/mol. The zero-order valence-electron chi connectivity index (χ0n) is 20.8. The number of carboxylic acids is 1. The van der Waals surface area contributed by atoms with Crippen molar-refractivity contribution in [1.29, 1.82) is 0 Å². The number of carbonyl (C=O) groups is 2. The van der Waals surface area contributed by atoms with Crippen molar-refractivity contribution in [3.05, 3.63) is 48.2 Å². The van der Waals surface area contributed by atoms with Gasteiger partial charge in [-0.1, -0.05) is 50.5 Å². The number of hydrogen-bond donors (Lipinski definition) is 2. The van der Waals surface area contributed by atoms with Crippen LogP contribution in [0.1, 0.15) is 81.5 Å². The number of benzene rings is 1. The standard InChI is InChI=1S/C29H38N2O4/c1-19-15-20(2)17-22(16-19)10-13-25(29(33)34)31-28(32)24-12-11-23-9-6-14-30-26(23)27(24)35-18-21-7-4-3-5-8-21/h6,9,11-12,14,20-22,25H,1,3-5,7-8,10,13,15-18H2,2H3,(H,31,32)(H,33,34)/t20?,22?,25-/m0/s1. The lowest BCUT2D eigenvalue weighted by atomic mass is 9.77. The van der Waals surface area contributed by atoms with Crippen molar-refractivity contribution in [2.75, 3.05) is 6.61 Å². The molecule has 35 heavy (non-hydrogen) atoms. The molecule has 4 rings (SSSR count). The third kappa shape index (κ3) is 6.62. The van der Waals surface area contributed by atoms with Crippen LogP contribution in [-0.2, 0) is 4.79 Å². The number of hydrogen-bond acceptors (Lipinski definition) is 4. The first kappa shape index (κ1) is 25.2. The number of aliphatic carboxylic acids is 1. The van der Waals surface area contributed by atoms with Crippen LogP contribution in [0.2, 0.25) is 0 Å². The maximum Gasteiger partial charge on any atom is 0.326 e. The summed E-state index contributed by atoms with van der Waals surface area (Å²) in [4.78, 5) is 29.8. The van der Waals surface area contributed by atoms with E-state index in [1.807, 2.05) is 18.2 Å². The topological polar surface area (TPSA) is 88.5 Å². The van der Waals surface area contributed by atoms with Gasteiger partial charge in [-0.15, -0.1) is 0 Å². The fourth-order valence-corrected chi connectivity index (χ4v) is 5.83. The number of nitrogens with one attached hydrogen (secondary N) is 1. The molecule has 2 aliphatic carbocycles. The molecular formula is C29H38N2O4. The summed E-state index contributed by atoms with van der Waals surface area (Å²) in [6.07, 6.45) is 11.9. The Morgan fingerprint density at radius 3 is 2.71 bits per heavy atom. The van der Waals surface area contributed by atoms with Crippen molar-refractivity contribution in [3.63, 3.8) is 0 Å². The molecule has 0 spiro atoms. The van der Waals surface area contributed by atoms with Crippen LogP contribution in [0.3, 0.4) is 0 Å². The van der Waals surface area contributed by atoms with Gasteiger partial charge in [-0.05, 0) is 74.8 Å². The van der Waals surface area contributed by atoms with Gasteiger partial charge in [-0.2, -0.15) is 0 Å². The second-order valence-corrected chi connectivity index (χ2v) is 10.6. The molecule has 188 valence electrons.